The molecule has 0 radical (unpaired) electrons. The molecule has 0 aliphatic carbocycles. The first-order valence-electron chi connectivity index (χ1n) is 7.31. The molecule has 0 saturated heterocycles. The van der Waals surface area contributed by atoms with Gasteiger partial charge in [-0.25, -0.2) is 9.37 Å². The molecule has 8 heteroatoms. The van der Waals surface area contributed by atoms with Gasteiger partial charge in [-0.3, -0.25) is 9.59 Å². The smallest absolute Gasteiger partial charge is 0.309 e. The molecule has 0 aliphatic rings. The van der Waals surface area contributed by atoms with Gasteiger partial charge in [0.1, 0.15) is 18.1 Å². The van der Waals surface area contributed by atoms with E-state index in [1.807, 2.05) is 0 Å². The highest BCUT2D eigenvalue weighted by Gasteiger charge is 2.08. The van der Waals surface area contributed by atoms with Crippen LogP contribution in [0.4, 0.5) is 4.39 Å². The van der Waals surface area contributed by atoms with Crippen LogP contribution >= 0.6 is 11.6 Å². The molecule has 0 saturated carbocycles. The van der Waals surface area contributed by atoms with E-state index < -0.39 is 11.8 Å². The predicted molar refractivity (Wildman–Crippen MR) is 87.5 cm³/mol. The number of ether oxygens (including phenoxy) is 3. The molecule has 0 N–H and O–H groups in total. The van der Waals surface area contributed by atoms with Crippen molar-refractivity contribution in [1.29, 1.82) is 0 Å². The van der Waals surface area contributed by atoms with E-state index in [0.717, 1.165) is 6.07 Å². The Labute approximate surface area is 148 Å². The van der Waals surface area contributed by atoms with Crippen molar-refractivity contribution in [2.75, 3.05) is 13.2 Å². The van der Waals surface area contributed by atoms with Crippen LogP contribution in [0.3, 0.4) is 0 Å². The van der Waals surface area contributed by atoms with Crippen molar-refractivity contribution in [1.82, 2.24) is 4.98 Å². The maximum absolute atomic E-state index is 13.6. The van der Waals surface area contributed by atoms with Gasteiger partial charge in [-0.2, -0.15) is 0 Å². The summed E-state index contributed by atoms with van der Waals surface area (Å²) in [6, 6.07) is 7.44. The molecule has 0 aliphatic heterocycles. The monoisotopic (exact) mass is 367 g/mol. The van der Waals surface area contributed by atoms with Gasteiger partial charge in [-0.1, -0.05) is 11.6 Å². The largest absolute Gasteiger partial charge is 0.493 e. The zero-order chi connectivity index (χ0) is 18.2. The van der Waals surface area contributed by atoms with Gasteiger partial charge in [0.15, 0.2) is 11.6 Å². The number of hydrogen-bond donors (Lipinski definition) is 0. The van der Waals surface area contributed by atoms with E-state index in [1.165, 1.54) is 13.1 Å². The molecule has 132 valence electrons. The Bertz CT molecular complexity index is 751. The SMILES string of the molecule is CC(=O)COC(=O)CCOc1ccc(Oc2ncc(Cl)cc2F)cc1. The van der Waals surface area contributed by atoms with Crippen LogP contribution in [0.15, 0.2) is 36.5 Å². The second kappa shape index (κ2) is 8.98. The van der Waals surface area contributed by atoms with Crippen LogP contribution in [0.2, 0.25) is 5.02 Å². The van der Waals surface area contributed by atoms with E-state index in [0.29, 0.717) is 11.5 Å². The molecular formula is C17H15ClFNO5. The van der Waals surface area contributed by atoms with Crippen molar-refractivity contribution < 1.29 is 28.2 Å². The maximum Gasteiger partial charge on any atom is 0.309 e. The number of carbonyl (C=O) groups excluding carboxylic acids is 2. The number of esters is 1. The third-order valence-corrected chi connectivity index (χ3v) is 3.03. The summed E-state index contributed by atoms with van der Waals surface area (Å²) in [5.41, 5.74) is 0. The fraction of sp³-hybridized carbons (Fsp3) is 0.235. The normalized spacial score (nSPS) is 10.2. The van der Waals surface area contributed by atoms with Gasteiger partial charge in [0.25, 0.3) is 5.88 Å². The van der Waals surface area contributed by atoms with Crippen molar-refractivity contribution in [2.45, 2.75) is 13.3 Å². The third-order valence-electron chi connectivity index (χ3n) is 2.82. The summed E-state index contributed by atoms with van der Waals surface area (Å²) >= 11 is 5.62. The predicted octanol–water partition coefficient (Wildman–Crippen LogP) is 3.57. The second-order valence-corrected chi connectivity index (χ2v) is 5.41. The Morgan fingerprint density at radius 2 is 1.88 bits per heavy atom. The minimum absolute atomic E-state index is 0.0193. The standard InChI is InChI=1S/C17H15ClFNO5/c1-11(21)10-24-16(22)6-7-23-13-2-4-14(5-3-13)25-17-15(19)8-12(18)9-20-17/h2-5,8-9H,6-7,10H2,1H3. The molecule has 25 heavy (non-hydrogen) atoms. The van der Waals surface area contributed by atoms with E-state index in [1.54, 1.807) is 24.3 Å². The van der Waals surface area contributed by atoms with Crippen LogP contribution < -0.4 is 9.47 Å². The second-order valence-electron chi connectivity index (χ2n) is 4.98. The lowest BCUT2D eigenvalue weighted by Crippen LogP contribution is -2.14. The molecule has 0 amide bonds. The van der Waals surface area contributed by atoms with Crippen LogP contribution in [0, 0.1) is 5.82 Å². The lowest BCUT2D eigenvalue weighted by Gasteiger charge is -2.08. The molecule has 2 rings (SSSR count). The lowest BCUT2D eigenvalue weighted by atomic mass is 10.3. The number of Topliss-reactive ketones (excluding diaryl/α,β-unsaturated/α-hetero) is 1. The molecule has 1 heterocycles. The highest BCUT2D eigenvalue weighted by atomic mass is 35.5. The topological polar surface area (TPSA) is 74.7 Å². The Morgan fingerprint density at radius 3 is 2.52 bits per heavy atom. The van der Waals surface area contributed by atoms with Gasteiger partial charge in [0, 0.05) is 6.20 Å². The number of pyridine rings is 1. The number of halogens is 2. The molecule has 0 bridgehead atoms. The Hall–Kier alpha value is -2.67. The molecule has 1 aromatic carbocycles. The molecule has 1 aromatic heterocycles. The first-order valence-corrected chi connectivity index (χ1v) is 7.68. The minimum Gasteiger partial charge on any atom is -0.493 e. The molecule has 0 fully saturated rings. The molecule has 2 aromatic rings. The summed E-state index contributed by atoms with van der Waals surface area (Å²) in [6.45, 7) is 1.20. The average molecular weight is 368 g/mol. The third kappa shape index (κ3) is 6.39. The molecule has 0 spiro atoms. The van der Waals surface area contributed by atoms with Gasteiger partial charge in [0.05, 0.1) is 18.1 Å². The summed E-state index contributed by atoms with van der Waals surface area (Å²) < 4.78 is 29.0. The van der Waals surface area contributed by atoms with Crippen LogP contribution in [0.1, 0.15) is 13.3 Å². The zero-order valence-corrected chi connectivity index (χ0v) is 14.1. The van der Waals surface area contributed by atoms with E-state index in [2.05, 4.69) is 4.98 Å². The van der Waals surface area contributed by atoms with Crippen molar-refractivity contribution in [3.8, 4) is 17.4 Å². The number of aromatic nitrogens is 1. The first kappa shape index (κ1) is 18.7. The molecule has 0 unspecified atom stereocenters. The molecule has 6 nitrogen and oxygen atoms in total. The van der Waals surface area contributed by atoms with Gasteiger partial charge in [-0.15, -0.1) is 0 Å². The van der Waals surface area contributed by atoms with Gasteiger partial charge < -0.3 is 14.2 Å². The number of ketones is 1. The van der Waals surface area contributed by atoms with Crippen molar-refractivity contribution in [3.63, 3.8) is 0 Å². The number of hydrogen-bond acceptors (Lipinski definition) is 6. The molecule has 0 atom stereocenters. The van der Waals surface area contributed by atoms with E-state index in [9.17, 15) is 14.0 Å². The van der Waals surface area contributed by atoms with E-state index >= 15 is 0 Å². The molecular weight excluding hydrogens is 353 g/mol. The van der Waals surface area contributed by atoms with Crippen molar-refractivity contribution in [3.05, 3.63) is 47.4 Å². The fourth-order valence-electron chi connectivity index (χ4n) is 1.70. The summed E-state index contributed by atoms with van der Waals surface area (Å²) in [6.07, 6.45) is 1.30. The summed E-state index contributed by atoms with van der Waals surface area (Å²) in [4.78, 5) is 25.8. The number of rotatable bonds is 8. The fourth-order valence-corrected chi connectivity index (χ4v) is 1.84. The number of nitrogens with zero attached hydrogens (tertiary/aromatic N) is 1. The van der Waals surface area contributed by atoms with Gasteiger partial charge in [0.2, 0.25) is 0 Å². The van der Waals surface area contributed by atoms with E-state index in [-0.39, 0.29) is 36.3 Å². The van der Waals surface area contributed by atoms with Gasteiger partial charge in [-0.05, 0) is 37.3 Å². The van der Waals surface area contributed by atoms with Crippen molar-refractivity contribution in [2.24, 2.45) is 0 Å². The average Bonchev–Trinajstić information content (AvgIpc) is 2.57. The summed E-state index contributed by atoms with van der Waals surface area (Å²) in [7, 11) is 0. The van der Waals surface area contributed by atoms with E-state index in [4.69, 9.17) is 25.8 Å². The highest BCUT2D eigenvalue weighted by molar-refractivity contribution is 6.30. The Morgan fingerprint density at radius 1 is 1.20 bits per heavy atom. The highest BCUT2D eigenvalue weighted by Crippen LogP contribution is 2.25. The first-order chi connectivity index (χ1) is 11.9. The van der Waals surface area contributed by atoms with Crippen LogP contribution in [0.5, 0.6) is 17.4 Å². The van der Waals surface area contributed by atoms with Gasteiger partial charge >= 0.3 is 5.97 Å². The summed E-state index contributed by atoms with van der Waals surface area (Å²) in [5.74, 6) is -0.739. The Balaban J connectivity index is 1.81. The lowest BCUT2D eigenvalue weighted by molar-refractivity contribution is -0.147. The van der Waals surface area contributed by atoms with Crippen LogP contribution in [-0.2, 0) is 14.3 Å². The zero-order valence-electron chi connectivity index (χ0n) is 13.3. The van der Waals surface area contributed by atoms with Crippen LogP contribution in [0.25, 0.3) is 0 Å². The van der Waals surface area contributed by atoms with Crippen LogP contribution in [-0.4, -0.2) is 30.0 Å². The van der Waals surface area contributed by atoms with Crippen molar-refractivity contribution >= 4 is 23.4 Å². The maximum atomic E-state index is 13.6. The minimum atomic E-state index is -0.670. The summed E-state index contributed by atoms with van der Waals surface area (Å²) in [5, 5.41) is 0.176. The number of carbonyl (C=O) groups is 2. The number of benzene rings is 1. The Kier molecular flexibility index (Phi) is 6.71. The quantitative estimate of drug-likeness (QED) is 0.664.